The van der Waals surface area contributed by atoms with Crippen molar-refractivity contribution in [3.63, 3.8) is 0 Å². The lowest BCUT2D eigenvalue weighted by molar-refractivity contribution is -0.384. The van der Waals surface area contributed by atoms with Gasteiger partial charge in [0, 0.05) is 24.8 Å². The number of hydrogen-bond donors (Lipinski definition) is 1. The van der Waals surface area contributed by atoms with Crippen LogP contribution in [-0.4, -0.2) is 49.2 Å². The fraction of sp³-hybridized carbons (Fsp3) is 0.300. The van der Waals surface area contributed by atoms with Gasteiger partial charge in [-0.05, 0) is 37.1 Å². The lowest BCUT2D eigenvalue weighted by atomic mass is 9.98. The number of esters is 1. The third kappa shape index (κ3) is 5.83. The standard InChI is InChI=1S/C20H19ClFN3O7S/c21-15-6-5-14(11-17(15)25(28)29)23-19(26)12-32-20(27)13-7-9-24(10-8-13)33(30,31)18-4-2-1-3-16(18)22/h1-6,11,13H,7-10,12H2,(H,23,26). The lowest BCUT2D eigenvalue weighted by Gasteiger charge is -2.30. The van der Waals surface area contributed by atoms with Crippen LogP contribution in [0.4, 0.5) is 15.8 Å². The van der Waals surface area contributed by atoms with E-state index in [1.807, 2.05) is 0 Å². The van der Waals surface area contributed by atoms with E-state index in [1.165, 1.54) is 30.3 Å². The molecule has 0 bridgehead atoms. The number of amides is 1. The number of nitro groups is 1. The Balaban J connectivity index is 1.50. The van der Waals surface area contributed by atoms with Gasteiger partial charge in [0.2, 0.25) is 10.0 Å². The summed E-state index contributed by atoms with van der Waals surface area (Å²) in [6.45, 7) is -0.628. The first-order valence-corrected chi connectivity index (χ1v) is 11.6. The Kier molecular flexibility index (Phi) is 7.61. The highest BCUT2D eigenvalue weighted by molar-refractivity contribution is 7.89. The van der Waals surface area contributed by atoms with E-state index in [1.54, 1.807) is 0 Å². The van der Waals surface area contributed by atoms with Crippen LogP contribution in [0.3, 0.4) is 0 Å². The van der Waals surface area contributed by atoms with E-state index in [0.29, 0.717) is 0 Å². The summed E-state index contributed by atoms with van der Waals surface area (Å²) < 4.78 is 45.3. The smallest absolute Gasteiger partial charge is 0.309 e. The lowest BCUT2D eigenvalue weighted by Crippen LogP contribution is -2.41. The van der Waals surface area contributed by atoms with Crippen molar-refractivity contribution in [2.75, 3.05) is 25.0 Å². The molecular formula is C20H19ClFN3O7S. The summed E-state index contributed by atoms with van der Waals surface area (Å²) >= 11 is 5.71. The van der Waals surface area contributed by atoms with E-state index in [4.69, 9.17) is 16.3 Å². The molecule has 1 heterocycles. The predicted molar refractivity (Wildman–Crippen MR) is 116 cm³/mol. The molecule has 1 N–H and O–H groups in total. The number of anilines is 1. The van der Waals surface area contributed by atoms with Crippen molar-refractivity contribution >= 4 is 44.9 Å². The Morgan fingerprint density at radius 1 is 1.21 bits per heavy atom. The van der Waals surface area contributed by atoms with Gasteiger partial charge < -0.3 is 10.1 Å². The maximum atomic E-state index is 13.9. The molecule has 0 saturated carbocycles. The SMILES string of the molecule is O=C(COC(=O)C1CCN(S(=O)(=O)c2ccccc2F)CC1)Nc1ccc(Cl)c([N+](=O)[O-])c1. The number of nitrogens with zero attached hydrogens (tertiary/aromatic N) is 2. The first-order valence-electron chi connectivity index (χ1n) is 9.74. The van der Waals surface area contributed by atoms with Crippen molar-refractivity contribution in [1.29, 1.82) is 0 Å². The minimum Gasteiger partial charge on any atom is -0.455 e. The van der Waals surface area contributed by atoms with Crippen molar-refractivity contribution in [3.05, 3.63) is 63.4 Å². The molecule has 13 heteroatoms. The van der Waals surface area contributed by atoms with Gasteiger partial charge in [-0.1, -0.05) is 23.7 Å². The minimum absolute atomic E-state index is 0.00290. The monoisotopic (exact) mass is 499 g/mol. The molecule has 0 aromatic heterocycles. The second-order valence-electron chi connectivity index (χ2n) is 7.19. The molecule has 2 aromatic carbocycles. The van der Waals surface area contributed by atoms with E-state index >= 15 is 0 Å². The topological polar surface area (TPSA) is 136 Å². The zero-order valence-corrected chi connectivity index (χ0v) is 18.6. The fourth-order valence-electron chi connectivity index (χ4n) is 3.31. The van der Waals surface area contributed by atoms with Crippen LogP contribution in [0.5, 0.6) is 0 Å². The molecule has 1 aliphatic rings. The molecular weight excluding hydrogens is 481 g/mol. The fourth-order valence-corrected chi connectivity index (χ4v) is 5.03. The second-order valence-corrected chi connectivity index (χ2v) is 9.50. The molecule has 1 fully saturated rings. The van der Waals surface area contributed by atoms with Gasteiger partial charge in [0.05, 0.1) is 10.8 Å². The van der Waals surface area contributed by atoms with Crippen LogP contribution < -0.4 is 5.32 Å². The molecule has 2 aromatic rings. The summed E-state index contributed by atoms with van der Waals surface area (Å²) in [7, 11) is -4.03. The van der Waals surface area contributed by atoms with Crippen LogP contribution in [0.15, 0.2) is 47.4 Å². The molecule has 0 atom stereocenters. The van der Waals surface area contributed by atoms with Crippen LogP contribution in [0.25, 0.3) is 0 Å². The number of carbonyl (C=O) groups excluding carboxylic acids is 2. The van der Waals surface area contributed by atoms with Gasteiger partial charge in [0.25, 0.3) is 11.6 Å². The molecule has 0 unspecified atom stereocenters. The first-order chi connectivity index (χ1) is 15.6. The Hall–Kier alpha value is -3.09. The van der Waals surface area contributed by atoms with Gasteiger partial charge >= 0.3 is 5.97 Å². The van der Waals surface area contributed by atoms with Crippen LogP contribution in [-0.2, 0) is 24.3 Å². The number of ether oxygens (including phenoxy) is 1. The highest BCUT2D eigenvalue weighted by Gasteiger charge is 2.34. The molecule has 0 radical (unpaired) electrons. The van der Waals surface area contributed by atoms with Crippen molar-refractivity contribution in [3.8, 4) is 0 Å². The molecule has 0 aliphatic carbocycles. The Labute approximate surface area is 193 Å². The average Bonchev–Trinajstić information content (AvgIpc) is 2.79. The van der Waals surface area contributed by atoms with Crippen LogP contribution in [0.2, 0.25) is 5.02 Å². The number of sulfonamides is 1. The maximum absolute atomic E-state index is 13.9. The third-order valence-electron chi connectivity index (χ3n) is 5.01. The average molecular weight is 500 g/mol. The number of halogens is 2. The van der Waals surface area contributed by atoms with Gasteiger partial charge in [0.1, 0.15) is 15.7 Å². The first kappa shape index (κ1) is 24.6. The molecule has 1 amide bonds. The molecule has 10 nitrogen and oxygen atoms in total. The Bertz CT molecular complexity index is 1180. The van der Waals surface area contributed by atoms with Gasteiger partial charge in [0.15, 0.2) is 6.61 Å². The Morgan fingerprint density at radius 3 is 2.52 bits per heavy atom. The van der Waals surface area contributed by atoms with Crippen LogP contribution in [0.1, 0.15) is 12.8 Å². The summed E-state index contributed by atoms with van der Waals surface area (Å²) in [6, 6.07) is 8.75. The summed E-state index contributed by atoms with van der Waals surface area (Å²) in [5.74, 6) is -2.85. The van der Waals surface area contributed by atoms with Gasteiger partial charge in [-0.15, -0.1) is 0 Å². The molecule has 33 heavy (non-hydrogen) atoms. The van der Waals surface area contributed by atoms with E-state index < -0.39 is 50.1 Å². The zero-order valence-electron chi connectivity index (χ0n) is 17.1. The summed E-state index contributed by atoms with van der Waals surface area (Å²) in [5.41, 5.74) is -0.276. The number of benzene rings is 2. The van der Waals surface area contributed by atoms with Gasteiger partial charge in [-0.2, -0.15) is 4.31 Å². The zero-order chi connectivity index (χ0) is 24.2. The molecule has 3 rings (SSSR count). The van der Waals surface area contributed by atoms with Crippen LogP contribution >= 0.6 is 11.6 Å². The number of carbonyl (C=O) groups is 2. The van der Waals surface area contributed by atoms with Crippen LogP contribution in [0, 0.1) is 21.8 Å². The minimum atomic E-state index is -4.03. The summed E-state index contributed by atoms with van der Waals surface area (Å²) in [4.78, 5) is 34.1. The number of hydrogen-bond acceptors (Lipinski definition) is 7. The highest BCUT2D eigenvalue weighted by atomic mass is 35.5. The largest absolute Gasteiger partial charge is 0.455 e. The van der Waals surface area contributed by atoms with Crippen molar-refractivity contribution in [2.24, 2.45) is 5.92 Å². The van der Waals surface area contributed by atoms with Crippen molar-refractivity contribution in [2.45, 2.75) is 17.7 Å². The quantitative estimate of drug-likeness (QED) is 0.351. The number of nitrogens with one attached hydrogen (secondary N) is 1. The number of piperidine rings is 1. The van der Waals surface area contributed by atoms with E-state index in [9.17, 15) is 32.5 Å². The van der Waals surface area contributed by atoms with Crippen molar-refractivity contribution in [1.82, 2.24) is 4.31 Å². The maximum Gasteiger partial charge on any atom is 0.309 e. The summed E-state index contributed by atoms with van der Waals surface area (Å²) in [5, 5.41) is 13.2. The van der Waals surface area contributed by atoms with Gasteiger partial charge in [-0.3, -0.25) is 19.7 Å². The number of nitro benzene ring substituents is 1. The summed E-state index contributed by atoms with van der Waals surface area (Å²) in [6.07, 6.45) is 0.301. The number of rotatable bonds is 7. The predicted octanol–water partition coefficient (Wildman–Crippen LogP) is 2.97. The van der Waals surface area contributed by atoms with Gasteiger partial charge in [-0.25, -0.2) is 12.8 Å². The van der Waals surface area contributed by atoms with Crippen molar-refractivity contribution < 1.29 is 32.1 Å². The van der Waals surface area contributed by atoms with E-state index in [2.05, 4.69) is 5.32 Å². The molecule has 1 saturated heterocycles. The highest BCUT2D eigenvalue weighted by Crippen LogP contribution is 2.28. The molecule has 1 aliphatic heterocycles. The second kappa shape index (κ2) is 10.2. The molecule has 176 valence electrons. The van der Waals surface area contributed by atoms with E-state index in [-0.39, 0.29) is 42.3 Å². The molecule has 0 spiro atoms. The normalized spacial score (nSPS) is 15.1. The third-order valence-corrected chi connectivity index (χ3v) is 7.27. The van der Waals surface area contributed by atoms with E-state index in [0.717, 1.165) is 16.4 Å². The Morgan fingerprint density at radius 2 is 1.88 bits per heavy atom.